The van der Waals surface area contributed by atoms with Gasteiger partial charge in [-0.2, -0.15) is 0 Å². The van der Waals surface area contributed by atoms with E-state index in [2.05, 4.69) is 17.2 Å². The highest BCUT2D eigenvalue weighted by Gasteiger charge is 2.22. The summed E-state index contributed by atoms with van der Waals surface area (Å²) in [7, 11) is 0. The van der Waals surface area contributed by atoms with Crippen LogP contribution in [0.2, 0.25) is 5.02 Å². The van der Waals surface area contributed by atoms with Gasteiger partial charge in [0.25, 0.3) is 5.91 Å². The zero-order valence-electron chi connectivity index (χ0n) is 13.1. The first-order valence-corrected chi connectivity index (χ1v) is 8.27. The fraction of sp³-hybridized carbons (Fsp3) is 0.333. The van der Waals surface area contributed by atoms with Crippen LogP contribution in [0.25, 0.3) is 0 Å². The molecule has 1 aromatic heterocycles. The van der Waals surface area contributed by atoms with Crippen molar-refractivity contribution in [3.8, 4) is 0 Å². The summed E-state index contributed by atoms with van der Waals surface area (Å²) in [5.41, 5.74) is 1.55. The highest BCUT2D eigenvalue weighted by atomic mass is 35.5. The summed E-state index contributed by atoms with van der Waals surface area (Å²) in [5.74, 6) is 1.35. The van der Waals surface area contributed by atoms with Crippen LogP contribution in [-0.2, 0) is 0 Å². The molecule has 0 unspecified atom stereocenters. The Labute approximate surface area is 141 Å². The average Bonchev–Trinajstić information content (AvgIpc) is 2.57. The first kappa shape index (κ1) is 15.8. The second-order valence-electron chi connectivity index (χ2n) is 6.06. The smallest absolute Gasteiger partial charge is 0.255 e. The number of amides is 1. The van der Waals surface area contributed by atoms with Crippen molar-refractivity contribution in [2.24, 2.45) is 5.92 Å². The van der Waals surface area contributed by atoms with Crippen LogP contribution in [-0.4, -0.2) is 28.9 Å². The molecule has 120 valence electrons. The van der Waals surface area contributed by atoms with E-state index in [-0.39, 0.29) is 5.91 Å². The fourth-order valence-electron chi connectivity index (χ4n) is 2.83. The Balaban J connectivity index is 1.66. The van der Waals surface area contributed by atoms with E-state index in [1.165, 1.54) is 6.42 Å². The van der Waals surface area contributed by atoms with E-state index in [0.717, 1.165) is 25.2 Å². The first-order valence-electron chi connectivity index (χ1n) is 7.90. The number of hydrogen-bond donors (Lipinski definition) is 1. The third-order valence-corrected chi connectivity index (χ3v) is 4.32. The minimum atomic E-state index is 0.0714. The number of anilines is 2. The topological polar surface area (TPSA) is 45.2 Å². The van der Waals surface area contributed by atoms with Crippen molar-refractivity contribution in [3.63, 3.8) is 0 Å². The van der Waals surface area contributed by atoms with Crippen molar-refractivity contribution in [3.05, 3.63) is 53.2 Å². The molecule has 4 nitrogen and oxygen atoms in total. The fourth-order valence-corrected chi connectivity index (χ4v) is 2.96. The molecule has 1 N–H and O–H groups in total. The minimum absolute atomic E-state index is 0.0714. The molecule has 0 radical (unpaired) electrons. The van der Waals surface area contributed by atoms with Crippen molar-refractivity contribution < 1.29 is 4.79 Å². The Morgan fingerprint density at radius 2 is 2.04 bits per heavy atom. The number of benzene rings is 1. The van der Waals surface area contributed by atoms with Crippen LogP contribution >= 0.6 is 11.6 Å². The molecular formula is C18H20ClN3O. The molecule has 3 rings (SSSR count). The maximum absolute atomic E-state index is 12.5. The van der Waals surface area contributed by atoms with Crippen LogP contribution in [0.4, 0.5) is 11.5 Å². The monoisotopic (exact) mass is 329 g/mol. The molecule has 1 atom stereocenters. The van der Waals surface area contributed by atoms with Gasteiger partial charge in [0.05, 0.1) is 5.56 Å². The van der Waals surface area contributed by atoms with Crippen molar-refractivity contribution in [1.29, 1.82) is 0 Å². The van der Waals surface area contributed by atoms with Crippen LogP contribution in [0.5, 0.6) is 0 Å². The number of nitrogens with one attached hydrogen (secondary N) is 1. The van der Waals surface area contributed by atoms with Crippen LogP contribution < -0.4 is 5.32 Å². The summed E-state index contributed by atoms with van der Waals surface area (Å²) in [6, 6.07) is 11.1. The van der Waals surface area contributed by atoms with Crippen LogP contribution in [0.15, 0.2) is 42.6 Å². The molecule has 2 heterocycles. The second kappa shape index (κ2) is 7.01. The van der Waals surface area contributed by atoms with E-state index < -0.39 is 0 Å². The van der Waals surface area contributed by atoms with Crippen LogP contribution in [0, 0.1) is 5.92 Å². The maximum Gasteiger partial charge on any atom is 0.255 e. The number of carbonyl (C=O) groups is 1. The molecule has 1 amide bonds. The quantitative estimate of drug-likeness (QED) is 0.910. The predicted molar refractivity (Wildman–Crippen MR) is 93.3 cm³/mol. The molecule has 1 aliphatic rings. The zero-order chi connectivity index (χ0) is 16.2. The van der Waals surface area contributed by atoms with Gasteiger partial charge in [0.2, 0.25) is 0 Å². The van der Waals surface area contributed by atoms with Crippen molar-refractivity contribution in [2.75, 3.05) is 18.4 Å². The Morgan fingerprint density at radius 1 is 1.26 bits per heavy atom. The number of nitrogens with zero attached hydrogens (tertiary/aromatic N) is 2. The summed E-state index contributed by atoms with van der Waals surface area (Å²) >= 11 is 5.87. The van der Waals surface area contributed by atoms with Gasteiger partial charge >= 0.3 is 0 Å². The summed E-state index contributed by atoms with van der Waals surface area (Å²) in [5, 5.41) is 3.88. The SMILES string of the molecule is C[C@H]1CCCN(C(=O)c2ccc(Nc3ccc(Cl)cc3)nc2)C1. The Hall–Kier alpha value is -2.07. The number of hydrogen-bond acceptors (Lipinski definition) is 3. The lowest BCUT2D eigenvalue weighted by molar-refractivity contribution is 0.0682. The molecule has 2 aromatic rings. The highest BCUT2D eigenvalue weighted by Crippen LogP contribution is 2.20. The van der Waals surface area contributed by atoms with E-state index in [1.807, 2.05) is 41.3 Å². The standard InChI is InChI=1S/C18H20ClN3O/c1-13-3-2-10-22(12-13)18(23)14-4-9-17(20-11-14)21-16-7-5-15(19)6-8-16/h4-9,11,13H,2-3,10,12H2,1H3,(H,20,21)/t13-/m0/s1. The van der Waals surface area contributed by atoms with Crippen LogP contribution in [0.1, 0.15) is 30.1 Å². The van der Waals surface area contributed by atoms with E-state index in [0.29, 0.717) is 22.3 Å². The second-order valence-corrected chi connectivity index (χ2v) is 6.50. The first-order chi connectivity index (χ1) is 11.1. The molecule has 0 bridgehead atoms. The highest BCUT2D eigenvalue weighted by molar-refractivity contribution is 6.30. The lowest BCUT2D eigenvalue weighted by Gasteiger charge is -2.30. The van der Waals surface area contributed by atoms with Gasteiger partial charge in [0, 0.05) is 30.0 Å². The molecule has 1 aromatic carbocycles. The van der Waals surface area contributed by atoms with Gasteiger partial charge in [-0.05, 0) is 55.2 Å². The number of aromatic nitrogens is 1. The molecule has 1 aliphatic heterocycles. The average molecular weight is 330 g/mol. The maximum atomic E-state index is 12.5. The molecule has 1 saturated heterocycles. The van der Waals surface area contributed by atoms with Gasteiger partial charge in [-0.1, -0.05) is 18.5 Å². The Morgan fingerprint density at radius 3 is 2.70 bits per heavy atom. The summed E-state index contributed by atoms with van der Waals surface area (Å²) in [4.78, 5) is 18.8. The lowest BCUT2D eigenvalue weighted by atomic mass is 10.00. The van der Waals surface area contributed by atoms with E-state index in [9.17, 15) is 4.79 Å². The van der Waals surface area contributed by atoms with Crippen LogP contribution in [0.3, 0.4) is 0 Å². The predicted octanol–water partition coefficient (Wildman–Crippen LogP) is 4.35. The minimum Gasteiger partial charge on any atom is -0.340 e. The van der Waals surface area contributed by atoms with Gasteiger partial charge in [0.1, 0.15) is 5.82 Å². The Kier molecular flexibility index (Phi) is 4.82. The lowest BCUT2D eigenvalue weighted by Crippen LogP contribution is -2.39. The number of rotatable bonds is 3. The van der Waals surface area contributed by atoms with E-state index in [1.54, 1.807) is 6.20 Å². The molecular weight excluding hydrogens is 310 g/mol. The third kappa shape index (κ3) is 4.02. The van der Waals surface area contributed by atoms with Gasteiger partial charge in [-0.25, -0.2) is 4.98 Å². The van der Waals surface area contributed by atoms with Gasteiger partial charge < -0.3 is 10.2 Å². The summed E-state index contributed by atoms with van der Waals surface area (Å²) in [6.07, 6.45) is 3.92. The normalized spacial score (nSPS) is 17.8. The van der Waals surface area contributed by atoms with Crippen molar-refractivity contribution in [1.82, 2.24) is 9.88 Å². The number of halogens is 1. The molecule has 5 heteroatoms. The largest absolute Gasteiger partial charge is 0.340 e. The van der Waals surface area contributed by atoms with Gasteiger partial charge in [-0.3, -0.25) is 4.79 Å². The van der Waals surface area contributed by atoms with Crippen molar-refractivity contribution >= 4 is 29.0 Å². The van der Waals surface area contributed by atoms with Gasteiger partial charge in [0.15, 0.2) is 0 Å². The van der Waals surface area contributed by atoms with E-state index in [4.69, 9.17) is 11.6 Å². The molecule has 23 heavy (non-hydrogen) atoms. The van der Waals surface area contributed by atoms with Gasteiger partial charge in [-0.15, -0.1) is 0 Å². The molecule has 1 fully saturated rings. The zero-order valence-corrected chi connectivity index (χ0v) is 13.9. The molecule has 0 aliphatic carbocycles. The Bertz CT molecular complexity index is 670. The number of likely N-dealkylation sites (tertiary alicyclic amines) is 1. The number of pyridine rings is 1. The summed E-state index contributed by atoms with van der Waals surface area (Å²) in [6.45, 7) is 3.87. The number of carbonyl (C=O) groups excluding carboxylic acids is 1. The van der Waals surface area contributed by atoms with Crippen molar-refractivity contribution in [2.45, 2.75) is 19.8 Å². The van der Waals surface area contributed by atoms with E-state index >= 15 is 0 Å². The summed E-state index contributed by atoms with van der Waals surface area (Å²) < 4.78 is 0. The number of piperidine rings is 1. The molecule has 0 saturated carbocycles. The third-order valence-electron chi connectivity index (χ3n) is 4.07. The molecule has 0 spiro atoms.